The summed E-state index contributed by atoms with van der Waals surface area (Å²) in [6, 6.07) is 5.24. The molecule has 0 aliphatic carbocycles. The zero-order chi connectivity index (χ0) is 10.3. The zero-order valence-electron chi connectivity index (χ0n) is 8.50. The summed E-state index contributed by atoms with van der Waals surface area (Å²) in [7, 11) is 0. The first-order valence-electron chi connectivity index (χ1n) is 5.48. The lowest BCUT2D eigenvalue weighted by Gasteiger charge is -2.15. The number of rotatable bonds is 0. The maximum absolute atomic E-state index is 13.6. The van der Waals surface area contributed by atoms with E-state index < -0.39 is 0 Å². The normalized spacial score (nSPS) is 28.9. The molecule has 2 nitrogen and oxygen atoms in total. The summed E-state index contributed by atoms with van der Waals surface area (Å²) in [6.45, 7) is 2.62. The molecule has 1 fully saturated rings. The van der Waals surface area contributed by atoms with Gasteiger partial charge in [-0.25, -0.2) is 4.39 Å². The molecule has 2 atom stereocenters. The van der Waals surface area contributed by atoms with E-state index in [1.165, 1.54) is 6.07 Å². The summed E-state index contributed by atoms with van der Waals surface area (Å²) >= 11 is 0. The molecular formula is C12H14FNO. The van der Waals surface area contributed by atoms with Crippen molar-refractivity contribution in [2.75, 3.05) is 19.7 Å². The van der Waals surface area contributed by atoms with E-state index in [-0.39, 0.29) is 5.82 Å². The van der Waals surface area contributed by atoms with E-state index >= 15 is 0 Å². The second-order valence-electron chi connectivity index (χ2n) is 4.32. The quantitative estimate of drug-likeness (QED) is 0.701. The van der Waals surface area contributed by atoms with Crippen LogP contribution in [0.4, 0.5) is 4.39 Å². The van der Waals surface area contributed by atoms with Crippen LogP contribution in [0, 0.1) is 11.7 Å². The third-order valence-corrected chi connectivity index (χ3v) is 3.47. The lowest BCUT2D eigenvalue weighted by molar-refractivity contribution is 0.284. The molecule has 1 aromatic carbocycles. The number of hydrogen-bond donors (Lipinski definition) is 1. The van der Waals surface area contributed by atoms with Crippen LogP contribution in [0.2, 0.25) is 0 Å². The lowest BCUT2D eigenvalue weighted by atomic mass is 9.87. The van der Waals surface area contributed by atoms with E-state index in [4.69, 9.17) is 4.74 Å². The molecule has 3 heteroatoms. The van der Waals surface area contributed by atoms with Gasteiger partial charge in [-0.1, -0.05) is 12.1 Å². The minimum Gasteiger partial charge on any atom is -0.490 e. The van der Waals surface area contributed by atoms with Gasteiger partial charge in [0, 0.05) is 18.0 Å². The monoisotopic (exact) mass is 207 g/mol. The van der Waals surface area contributed by atoms with E-state index in [0.717, 1.165) is 25.1 Å². The van der Waals surface area contributed by atoms with Crippen molar-refractivity contribution < 1.29 is 9.13 Å². The Kier molecular flexibility index (Phi) is 2.13. The molecule has 0 spiro atoms. The number of ether oxygens (including phenoxy) is 1. The molecule has 80 valence electrons. The number of nitrogens with one attached hydrogen (secondary N) is 1. The van der Waals surface area contributed by atoms with Crippen molar-refractivity contribution in [3.63, 3.8) is 0 Å². The smallest absolute Gasteiger partial charge is 0.165 e. The van der Waals surface area contributed by atoms with E-state index in [1.54, 1.807) is 6.07 Å². The third kappa shape index (κ3) is 1.42. The highest BCUT2D eigenvalue weighted by Gasteiger charge is 2.33. The van der Waals surface area contributed by atoms with Crippen LogP contribution in [0.3, 0.4) is 0 Å². The van der Waals surface area contributed by atoms with Crippen LogP contribution in [-0.4, -0.2) is 19.7 Å². The molecule has 2 heterocycles. The SMILES string of the molecule is Fc1cccc2c1OCCC1CNC[C@H]21. The van der Waals surface area contributed by atoms with Crippen molar-refractivity contribution in [1.29, 1.82) is 0 Å². The van der Waals surface area contributed by atoms with Gasteiger partial charge in [0.25, 0.3) is 0 Å². The van der Waals surface area contributed by atoms with E-state index in [1.807, 2.05) is 6.07 Å². The Labute approximate surface area is 88.4 Å². The van der Waals surface area contributed by atoms with Gasteiger partial charge in [0.2, 0.25) is 0 Å². The van der Waals surface area contributed by atoms with Crippen molar-refractivity contribution in [2.24, 2.45) is 5.92 Å². The number of fused-ring (bicyclic) bond motifs is 3. The lowest BCUT2D eigenvalue weighted by Crippen LogP contribution is -2.11. The fraction of sp³-hybridized carbons (Fsp3) is 0.500. The summed E-state index contributed by atoms with van der Waals surface area (Å²) in [5.41, 5.74) is 1.04. The molecule has 1 N–H and O–H groups in total. The van der Waals surface area contributed by atoms with Gasteiger partial charge in [-0.3, -0.25) is 0 Å². The fourth-order valence-electron chi connectivity index (χ4n) is 2.68. The Balaban J connectivity index is 2.09. The summed E-state index contributed by atoms with van der Waals surface area (Å²) < 4.78 is 19.1. The van der Waals surface area contributed by atoms with Crippen LogP contribution >= 0.6 is 0 Å². The number of halogens is 1. The summed E-state index contributed by atoms with van der Waals surface area (Å²) in [5, 5.41) is 3.37. The van der Waals surface area contributed by atoms with E-state index in [2.05, 4.69) is 5.32 Å². The van der Waals surface area contributed by atoms with Gasteiger partial charge in [-0.15, -0.1) is 0 Å². The van der Waals surface area contributed by atoms with Crippen LogP contribution in [0.1, 0.15) is 17.9 Å². The van der Waals surface area contributed by atoms with Gasteiger partial charge in [0.1, 0.15) is 0 Å². The van der Waals surface area contributed by atoms with Crippen molar-refractivity contribution in [2.45, 2.75) is 12.3 Å². The van der Waals surface area contributed by atoms with Crippen LogP contribution in [0.5, 0.6) is 5.75 Å². The summed E-state index contributed by atoms with van der Waals surface area (Å²) in [6.07, 6.45) is 1.02. The molecule has 0 aromatic heterocycles. The molecule has 2 aliphatic heterocycles. The summed E-state index contributed by atoms with van der Waals surface area (Å²) in [5.74, 6) is 1.29. The number of para-hydroxylation sites is 1. The molecule has 0 radical (unpaired) electrons. The minimum absolute atomic E-state index is 0.222. The Morgan fingerprint density at radius 3 is 3.20 bits per heavy atom. The van der Waals surface area contributed by atoms with Gasteiger partial charge in [0.05, 0.1) is 6.61 Å². The molecule has 0 saturated carbocycles. The van der Waals surface area contributed by atoms with Crippen molar-refractivity contribution in [1.82, 2.24) is 5.32 Å². The first-order chi connectivity index (χ1) is 7.36. The van der Waals surface area contributed by atoms with Crippen LogP contribution < -0.4 is 10.1 Å². The predicted octanol–water partition coefficient (Wildman–Crippen LogP) is 1.91. The zero-order valence-corrected chi connectivity index (χ0v) is 8.50. The standard InChI is InChI=1S/C12H14FNO/c13-11-3-1-2-9-10-7-14-6-8(10)4-5-15-12(9)11/h1-3,8,10,14H,4-7H2/t8?,10-/m0/s1. The van der Waals surface area contributed by atoms with Crippen LogP contribution in [-0.2, 0) is 0 Å². The molecular weight excluding hydrogens is 193 g/mol. The fourth-order valence-corrected chi connectivity index (χ4v) is 2.68. The highest BCUT2D eigenvalue weighted by Crippen LogP contribution is 2.39. The first kappa shape index (κ1) is 9.16. The first-order valence-corrected chi connectivity index (χ1v) is 5.48. The molecule has 0 amide bonds. The van der Waals surface area contributed by atoms with Gasteiger partial charge >= 0.3 is 0 Å². The average molecular weight is 207 g/mol. The maximum atomic E-state index is 13.6. The minimum atomic E-state index is -0.222. The highest BCUT2D eigenvalue weighted by molar-refractivity contribution is 5.39. The van der Waals surface area contributed by atoms with Gasteiger partial charge in [-0.05, 0) is 24.9 Å². The van der Waals surface area contributed by atoms with Gasteiger partial charge < -0.3 is 10.1 Å². The largest absolute Gasteiger partial charge is 0.490 e. The molecule has 0 bridgehead atoms. The van der Waals surface area contributed by atoms with Crippen LogP contribution in [0.15, 0.2) is 18.2 Å². The predicted molar refractivity (Wildman–Crippen MR) is 55.6 cm³/mol. The Morgan fingerprint density at radius 1 is 1.33 bits per heavy atom. The molecule has 1 saturated heterocycles. The number of hydrogen-bond acceptors (Lipinski definition) is 2. The maximum Gasteiger partial charge on any atom is 0.165 e. The van der Waals surface area contributed by atoms with Gasteiger partial charge in [-0.2, -0.15) is 0 Å². The molecule has 2 aliphatic rings. The summed E-state index contributed by atoms with van der Waals surface area (Å²) in [4.78, 5) is 0. The second kappa shape index (κ2) is 3.49. The van der Waals surface area contributed by atoms with Gasteiger partial charge in [0.15, 0.2) is 11.6 Å². The van der Waals surface area contributed by atoms with Crippen molar-refractivity contribution in [3.8, 4) is 5.75 Å². The van der Waals surface area contributed by atoms with Crippen molar-refractivity contribution in [3.05, 3.63) is 29.6 Å². The van der Waals surface area contributed by atoms with E-state index in [0.29, 0.717) is 24.2 Å². The Hall–Kier alpha value is -1.09. The van der Waals surface area contributed by atoms with Crippen LogP contribution in [0.25, 0.3) is 0 Å². The average Bonchev–Trinajstić information content (AvgIpc) is 2.62. The molecule has 3 rings (SSSR count). The molecule has 1 unspecified atom stereocenters. The Morgan fingerprint density at radius 2 is 2.27 bits per heavy atom. The topological polar surface area (TPSA) is 21.3 Å². The second-order valence-corrected chi connectivity index (χ2v) is 4.32. The Bertz CT molecular complexity index is 380. The highest BCUT2D eigenvalue weighted by atomic mass is 19.1. The van der Waals surface area contributed by atoms with Crippen molar-refractivity contribution >= 4 is 0 Å². The third-order valence-electron chi connectivity index (χ3n) is 3.47. The number of benzene rings is 1. The van der Waals surface area contributed by atoms with E-state index in [9.17, 15) is 4.39 Å². The molecule has 15 heavy (non-hydrogen) atoms. The molecule has 1 aromatic rings.